The van der Waals surface area contributed by atoms with E-state index < -0.39 is 0 Å². The predicted molar refractivity (Wildman–Crippen MR) is 157 cm³/mol. The Morgan fingerprint density at radius 3 is 2.41 bits per heavy atom. The van der Waals surface area contributed by atoms with Gasteiger partial charge in [-0.15, -0.1) is 11.8 Å². The zero-order valence-electron chi connectivity index (χ0n) is 22.3. The fraction of sp³-hybridized carbons (Fsp3) is 0.323. The lowest BCUT2D eigenvalue weighted by atomic mass is 9.85. The zero-order valence-corrected chi connectivity index (χ0v) is 23.1. The third kappa shape index (κ3) is 6.76. The number of nitrogens with one attached hydrogen (secondary N) is 1. The molecule has 1 aromatic heterocycles. The number of thioether (sulfide) groups is 1. The van der Waals surface area contributed by atoms with Gasteiger partial charge in [-0.25, -0.2) is 9.98 Å². The number of aromatic nitrogens is 1. The zero-order chi connectivity index (χ0) is 26.2. The molecular formula is C31H36N4OS. The lowest BCUT2D eigenvalue weighted by Gasteiger charge is -2.34. The van der Waals surface area contributed by atoms with Gasteiger partial charge in [0.15, 0.2) is 11.6 Å². The SMILES string of the molecule is CCC(=CC=C(C)C)c1cc(CNC2N=C(c3ccccc3)N=C(SC)C2C(C)c2ccccc2)on1. The van der Waals surface area contributed by atoms with Gasteiger partial charge in [0.1, 0.15) is 11.9 Å². The van der Waals surface area contributed by atoms with E-state index in [9.17, 15) is 0 Å². The minimum absolute atomic E-state index is 0.0935. The Morgan fingerprint density at radius 2 is 1.76 bits per heavy atom. The molecule has 0 saturated heterocycles. The first-order valence-electron chi connectivity index (χ1n) is 12.8. The van der Waals surface area contributed by atoms with Crippen LogP contribution in [0.5, 0.6) is 0 Å². The number of aliphatic imine (C=N–C) groups is 2. The second kappa shape index (κ2) is 12.8. The van der Waals surface area contributed by atoms with Gasteiger partial charge in [0.2, 0.25) is 0 Å². The van der Waals surface area contributed by atoms with Crippen LogP contribution in [0.4, 0.5) is 0 Å². The molecule has 3 aromatic rings. The Balaban J connectivity index is 1.62. The summed E-state index contributed by atoms with van der Waals surface area (Å²) in [6.07, 6.45) is 7.07. The van der Waals surface area contributed by atoms with Gasteiger partial charge in [-0.2, -0.15) is 0 Å². The number of allylic oxidation sites excluding steroid dienone is 4. The normalized spacial score (nSPS) is 18.7. The number of hydrogen-bond donors (Lipinski definition) is 1. The van der Waals surface area contributed by atoms with E-state index in [4.69, 9.17) is 14.5 Å². The summed E-state index contributed by atoms with van der Waals surface area (Å²) in [5.41, 5.74) is 5.59. The van der Waals surface area contributed by atoms with Crippen molar-refractivity contribution in [2.75, 3.05) is 6.26 Å². The maximum atomic E-state index is 5.73. The minimum atomic E-state index is -0.161. The Labute approximate surface area is 224 Å². The van der Waals surface area contributed by atoms with E-state index in [0.717, 1.165) is 39.9 Å². The van der Waals surface area contributed by atoms with E-state index >= 15 is 0 Å². The molecule has 5 nitrogen and oxygen atoms in total. The largest absolute Gasteiger partial charge is 0.359 e. The van der Waals surface area contributed by atoms with Crippen LogP contribution in [0.3, 0.4) is 0 Å². The van der Waals surface area contributed by atoms with Gasteiger partial charge >= 0.3 is 0 Å². The summed E-state index contributed by atoms with van der Waals surface area (Å²) in [4.78, 5) is 10.1. The van der Waals surface area contributed by atoms with Gasteiger partial charge < -0.3 is 4.52 Å². The summed E-state index contributed by atoms with van der Waals surface area (Å²) in [5.74, 6) is 1.88. The molecule has 6 heteroatoms. The Morgan fingerprint density at radius 1 is 1.05 bits per heavy atom. The second-order valence-corrected chi connectivity index (χ2v) is 10.3. The molecule has 192 valence electrons. The van der Waals surface area contributed by atoms with E-state index in [1.807, 2.05) is 24.3 Å². The van der Waals surface area contributed by atoms with E-state index in [-0.39, 0.29) is 18.0 Å². The van der Waals surface area contributed by atoms with Gasteiger partial charge in [0.05, 0.1) is 11.6 Å². The van der Waals surface area contributed by atoms with Crippen molar-refractivity contribution in [2.24, 2.45) is 15.9 Å². The molecule has 1 aliphatic rings. The molecule has 0 saturated carbocycles. The monoisotopic (exact) mass is 512 g/mol. The Hall–Kier alpha value is -3.22. The van der Waals surface area contributed by atoms with Crippen LogP contribution in [0.25, 0.3) is 5.57 Å². The molecule has 0 amide bonds. The molecule has 1 N–H and O–H groups in total. The topological polar surface area (TPSA) is 62.8 Å². The van der Waals surface area contributed by atoms with Crippen LogP contribution in [0.1, 0.15) is 62.6 Å². The molecule has 37 heavy (non-hydrogen) atoms. The van der Waals surface area contributed by atoms with Crippen molar-refractivity contribution < 1.29 is 4.52 Å². The van der Waals surface area contributed by atoms with E-state index in [0.29, 0.717) is 6.54 Å². The average Bonchev–Trinajstić information content (AvgIpc) is 3.41. The van der Waals surface area contributed by atoms with Crippen LogP contribution in [0.15, 0.2) is 99.0 Å². The van der Waals surface area contributed by atoms with Gasteiger partial charge in [-0.3, -0.25) is 5.32 Å². The summed E-state index contributed by atoms with van der Waals surface area (Å²) in [5, 5.41) is 9.11. The molecule has 0 bridgehead atoms. The number of amidine groups is 1. The third-order valence-corrected chi connectivity index (χ3v) is 7.36. The number of rotatable bonds is 9. The molecule has 1 aliphatic heterocycles. The van der Waals surface area contributed by atoms with Crippen molar-refractivity contribution in [1.29, 1.82) is 0 Å². The van der Waals surface area contributed by atoms with Crippen LogP contribution in [0.2, 0.25) is 0 Å². The summed E-state index contributed by atoms with van der Waals surface area (Å²) >= 11 is 1.70. The standard InChI is InChI=1S/C31H36N4OS/c1-6-23(18-17-21(2)3)27-19-26(36-35-27)20-32-30-28(22(4)24-13-9-7-10-14-24)31(37-5)34-29(33-30)25-15-11-8-12-16-25/h7-19,22,28,30,32H,6,20H2,1-5H3. The van der Waals surface area contributed by atoms with Gasteiger partial charge in [-0.1, -0.05) is 97.4 Å². The van der Waals surface area contributed by atoms with Gasteiger partial charge in [-0.05, 0) is 43.6 Å². The summed E-state index contributed by atoms with van der Waals surface area (Å²) in [6, 6.07) is 22.8. The van der Waals surface area contributed by atoms with Crippen LogP contribution in [-0.4, -0.2) is 28.5 Å². The van der Waals surface area contributed by atoms with E-state index in [1.54, 1.807) is 11.8 Å². The maximum Gasteiger partial charge on any atom is 0.157 e. The average molecular weight is 513 g/mol. The number of hydrogen-bond acceptors (Lipinski definition) is 6. The molecule has 0 spiro atoms. The Kier molecular flexibility index (Phi) is 9.31. The van der Waals surface area contributed by atoms with Crippen molar-refractivity contribution in [3.63, 3.8) is 0 Å². The van der Waals surface area contributed by atoms with Crippen molar-refractivity contribution >= 4 is 28.2 Å². The maximum absolute atomic E-state index is 5.73. The fourth-order valence-corrected chi connectivity index (χ4v) is 5.27. The highest BCUT2D eigenvalue weighted by Crippen LogP contribution is 2.35. The predicted octanol–water partition coefficient (Wildman–Crippen LogP) is 7.49. The van der Waals surface area contributed by atoms with Gasteiger partial charge in [0.25, 0.3) is 0 Å². The van der Waals surface area contributed by atoms with E-state index in [2.05, 4.69) is 99.0 Å². The first-order valence-corrected chi connectivity index (χ1v) is 14.1. The summed E-state index contributed by atoms with van der Waals surface area (Å²) in [7, 11) is 0. The van der Waals surface area contributed by atoms with Crippen molar-refractivity contribution in [1.82, 2.24) is 10.5 Å². The first-order chi connectivity index (χ1) is 18.0. The lowest BCUT2D eigenvalue weighted by molar-refractivity contribution is 0.340. The molecule has 3 atom stereocenters. The molecular weight excluding hydrogens is 476 g/mol. The highest BCUT2D eigenvalue weighted by molar-refractivity contribution is 8.13. The fourth-order valence-electron chi connectivity index (χ4n) is 4.49. The van der Waals surface area contributed by atoms with Crippen LogP contribution >= 0.6 is 11.8 Å². The highest BCUT2D eigenvalue weighted by atomic mass is 32.2. The summed E-state index contributed by atoms with van der Waals surface area (Å²) in [6.45, 7) is 9.11. The molecule has 0 radical (unpaired) electrons. The van der Waals surface area contributed by atoms with Crippen LogP contribution < -0.4 is 5.32 Å². The van der Waals surface area contributed by atoms with Crippen molar-refractivity contribution in [3.8, 4) is 0 Å². The third-order valence-electron chi connectivity index (χ3n) is 6.58. The van der Waals surface area contributed by atoms with E-state index in [1.165, 1.54) is 11.1 Å². The molecule has 4 rings (SSSR count). The molecule has 0 fully saturated rings. The quantitative estimate of drug-likeness (QED) is 0.302. The van der Waals surface area contributed by atoms with Crippen LogP contribution in [-0.2, 0) is 6.54 Å². The minimum Gasteiger partial charge on any atom is -0.359 e. The summed E-state index contributed by atoms with van der Waals surface area (Å²) < 4.78 is 5.73. The number of benzene rings is 2. The van der Waals surface area contributed by atoms with Gasteiger partial charge in [0, 0.05) is 17.5 Å². The lowest BCUT2D eigenvalue weighted by Crippen LogP contribution is -2.43. The van der Waals surface area contributed by atoms with Crippen molar-refractivity contribution in [2.45, 2.75) is 52.7 Å². The molecule has 2 aromatic carbocycles. The highest BCUT2D eigenvalue weighted by Gasteiger charge is 2.35. The molecule has 0 aliphatic carbocycles. The van der Waals surface area contributed by atoms with Crippen molar-refractivity contribution in [3.05, 3.63) is 107 Å². The molecule has 2 heterocycles. The number of nitrogens with zero attached hydrogens (tertiary/aromatic N) is 3. The van der Waals surface area contributed by atoms with Crippen LogP contribution in [0, 0.1) is 5.92 Å². The Bertz CT molecular complexity index is 1290. The second-order valence-electron chi connectivity index (χ2n) is 9.49. The smallest absolute Gasteiger partial charge is 0.157 e. The molecule has 3 unspecified atom stereocenters. The first kappa shape index (κ1) is 26.8.